The number of nitrogens with one attached hydrogen (secondary N) is 2. The molecule has 7 heteroatoms. The maximum atomic E-state index is 6.16. The van der Waals surface area contributed by atoms with Crippen LogP contribution in [-0.2, 0) is 6.54 Å². The number of hydrogen-bond donors (Lipinski definition) is 2. The number of H-pyrrole nitrogens is 1. The Morgan fingerprint density at radius 1 is 1.30 bits per heavy atom. The molecule has 0 aliphatic carbocycles. The lowest BCUT2D eigenvalue weighted by Gasteiger charge is -2.28. The molecule has 2 N–H and O–H groups in total. The molecule has 6 nitrogen and oxygen atoms in total. The molecule has 0 atom stereocenters. The zero-order valence-electron chi connectivity index (χ0n) is 15.4. The van der Waals surface area contributed by atoms with Gasteiger partial charge >= 0.3 is 0 Å². The van der Waals surface area contributed by atoms with E-state index in [9.17, 15) is 0 Å². The minimum atomic E-state index is 0.619. The minimum absolute atomic E-state index is 0.619. The summed E-state index contributed by atoms with van der Waals surface area (Å²) >= 11 is 6.16. The molecule has 0 unspecified atom stereocenters. The first-order chi connectivity index (χ1) is 13.2. The van der Waals surface area contributed by atoms with Crippen LogP contribution in [0.3, 0.4) is 0 Å². The van der Waals surface area contributed by atoms with Gasteiger partial charge < -0.3 is 19.9 Å². The maximum absolute atomic E-state index is 6.16. The van der Waals surface area contributed by atoms with Gasteiger partial charge in [-0.3, -0.25) is 0 Å². The Balaban J connectivity index is 1.33. The average molecular weight is 386 g/mol. The molecule has 1 fully saturated rings. The van der Waals surface area contributed by atoms with Gasteiger partial charge in [0.25, 0.3) is 0 Å². The van der Waals surface area contributed by atoms with Crippen LogP contribution in [0.1, 0.15) is 18.4 Å². The first kappa shape index (κ1) is 18.1. The smallest absolute Gasteiger partial charge is 0.213 e. The van der Waals surface area contributed by atoms with Gasteiger partial charge in [-0.2, -0.15) is 0 Å². The summed E-state index contributed by atoms with van der Waals surface area (Å²) in [4.78, 5) is 14.1. The molecule has 27 heavy (non-hydrogen) atoms. The highest BCUT2D eigenvalue weighted by molar-refractivity contribution is 6.35. The molecule has 4 heterocycles. The van der Waals surface area contributed by atoms with E-state index in [1.165, 1.54) is 12.8 Å². The predicted molar refractivity (Wildman–Crippen MR) is 108 cm³/mol. The lowest BCUT2D eigenvalue weighted by molar-refractivity contribution is 0.157. The van der Waals surface area contributed by atoms with Gasteiger partial charge in [-0.15, -0.1) is 0 Å². The normalized spacial score (nSPS) is 15.9. The lowest BCUT2D eigenvalue weighted by Crippen LogP contribution is -2.32. The van der Waals surface area contributed by atoms with Crippen LogP contribution in [0.4, 0.5) is 5.69 Å². The van der Waals surface area contributed by atoms with Crippen LogP contribution in [0.25, 0.3) is 11.0 Å². The van der Waals surface area contributed by atoms with Crippen molar-refractivity contribution in [1.82, 2.24) is 19.9 Å². The van der Waals surface area contributed by atoms with Gasteiger partial charge in [0.1, 0.15) is 5.65 Å². The zero-order chi connectivity index (χ0) is 18.6. The van der Waals surface area contributed by atoms with Gasteiger partial charge in [-0.1, -0.05) is 11.6 Å². The van der Waals surface area contributed by atoms with Crippen molar-refractivity contribution in [3.63, 3.8) is 0 Å². The molecule has 4 rings (SSSR count). The lowest BCUT2D eigenvalue weighted by atomic mass is 9.98. The Morgan fingerprint density at radius 3 is 3.00 bits per heavy atom. The molecule has 1 saturated heterocycles. The number of anilines is 1. The molecule has 0 amide bonds. The van der Waals surface area contributed by atoms with Gasteiger partial charge in [0.05, 0.1) is 23.5 Å². The summed E-state index contributed by atoms with van der Waals surface area (Å²) < 4.78 is 5.95. The molecular formula is C20H24ClN5O. The van der Waals surface area contributed by atoms with Crippen molar-refractivity contribution in [2.45, 2.75) is 19.4 Å². The Kier molecular flexibility index (Phi) is 5.45. The van der Waals surface area contributed by atoms with Crippen molar-refractivity contribution in [1.29, 1.82) is 0 Å². The first-order valence-electron chi connectivity index (χ1n) is 9.30. The number of aromatic amines is 1. The van der Waals surface area contributed by atoms with E-state index in [4.69, 9.17) is 16.3 Å². The SMILES string of the molecule is CN1CCC(COc2cc(CNc3cnc4[nH]cc(Cl)c4c3)ccn2)CC1. The Morgan fingerprint density at radius 2 is 2.15 bits per heavy atom. The maximum Gasteiger partial charge on any atom is 0.213 e. The minimum Gasteiger partial charge on any atom is -0.477 e. The highest BCUT2D eigenvalue weighted by atomic mass is 35.5. The van der Waals surface area contributed by atoms with E-state index in [0.717, 1.165) is 42.0 Å². The molecule has 142 valence electrons. The number of aromatic nitrogens is 3. The highest BCUT2D eigenvalue weighted by Gasteiger charge is 2.17. The monoisotopic (exact) mass is 385 g/mol. The van der Waals surface area contributed by atoms with Crippen molar-refractivity contribution in [2.24, 2.45) is 5.92 Å². The van der Waals surface area contributed by atoms with Crippen molar-refractivity contribution >= 4 is 28.3 Å². The summed E-state index contributed by atoms with van der Waals surface area (Å²) in [6.07, 6.45) is 7.73. The van der Waals surface area contributed by atoms with Crippen LogP contribution in [0.2, 0.25) is 5.02 Å². The Labute approximate surface area is 163 Å². The molecule has 3 aromatic rings. The van der Waals surface area contributed by atoms with Crippen LogP contribution in [-0.4, -0.2) is 46.6 Å². The van der Waals surface area contributed by atoms with Gasteiger partial charge in [0.2, 0.25) is 5.88 Å². The van der Waals surface area contributed by atoms with Crippen molar-refractivity contribution in [3.8, 4) is 5.88 Å². The molecular weight excluding hydrogens is 362 g/mol. The molecule has 1 aliphatic heterocycles. The summed E-state index contributed by atoms with van der Waals surface area (Å²) in [5.41, 5.74) is 2.83. The number of fused-ring (bicyclic) bond motifs is 1. The molecule has 1 aliphatic rings. The number of ether oxygens (including phenoxy) is 1. The summed E-state index contributed by atoms with van der Waals surface area (Å²) in [6, 6.07) is 5.99. The zero-order valence-corrected chi connectivity index (χ0v) is 16.2. The van der Waals surface area contributed by atoms with Crippen molar-refractivity contribution in [3.05, 3.63) is 47.4 Å². The van der Waals surface area contributed by atoms with Crippen LogP contribution < -0.4 is 10.1 Å². The third kappa shape index (κ3) is 4.51. The third-order valence-corrected chi connectivity index (χ3v) is 5.39. The standard InChI is InChI=1S/C20H24ClN5O/c1-26-6-3-14(4-7-26)13-27-19-8-15(2-5-22-19)10-23-16-9-17-18(21)12-25-20(17)24-11-16/h2,5,8-9,11-12,14,23H,3-4,6-7,10,13H2,1H3,(H,24,25). The van der Waals surface area contributed by atoms with E-state index in [-0.39, 0.29) is 0 Å². The van der Waals surface area contributed by atoms with E-state index in [1.807, 2.05) is 18.2 Å². The van der Waals surface area contributed by atoms with Gasteiger partial charge in [0.15, 0.2) is 0 Å². The summed E-state index contributed by atoms with van der Waals surface area (Å²) in [6.45, 7) is 3.70. The van der Waals surface area contributed by atoms with E-state index in [2.05, 4.69) is 32.2 Å². The number of likely N-dealkylation sites (tertiary alicyclic amines) is 1. The van der Waals surface area contributed by atoms with Crippen molar-refractivity contribution < 1.29 is 4.74 Å². The molecule has 3 aromatic heterocycles. The number of hydrogen-bond acceptors (Lipinski definition) is 5. The molecule has 0 radical (unpaired) electrons. The van der Waals surface area contributed by atoms with Crippen LogP contribution in [0.15, 0.2) is 36.8 Å². The fraction of sp³-hybridized carbons (Fsp3) is 0.400. The average Bonchev–Trinajstić information content (AvgIpc) is 3.07. The van der Waals surface area contributed by atoms with E-state index >= 15 is 0 Å². The number of halogens is 1. The first-order valence-corrected chi connectivity index (χ1v) is 9.68. The van der Waals surface area contributed by atoms with E-state index in [1.54, 1.807) is 18.6 Å². The third-order valence-electron chi connectivity index (χ3n) is 5.08. The Hall–Kier alpha value is -2.31. The number of piperidine rings is 1. The fourth-order valence-electron chi connectivity index (χ4n) is 3.34. The molecule has 0 bridgehead atoms. The molecule has 0 saturated carbocycles. The fourth-order valence-corrected chi connectivity index (χ4v) is 3.54. The van der Waals surface area contributed by atoms with E-state index < -0.39 is 0 Å². The summed E-state index contributed by atoms with van der Waals surface area (Å²) in [5, 5.41) is 4.97. The highest BCUT2D eigenvalue weighted by Crippen LogP contribution is 2.24. The number of nitrogens with zero attached hydrogens (tertiary/aromatic N) is 3. The quantitative estimate of drug-likeness (QED) is 0.672. The molecule has 0 aromatic carbocycles. The van der Waals surface area contributed by atoms with Gasteiger partial charge in [-0.25, -0.2) is 9.97 Å². The summed E-state index contributed by atoms with van der Waals surface area (Å²) in [7, 11) is 2.17. The van der Waals surface area contributed by atoms with Crippen LogP contribution in [0.5, 0.6) is 5.88 Å². The second kappa shape index (κ2) is 8.15. The number of pyridine rings is 2. The largest absolute Gasteiger partial charge is 0.477 e. The van der Waals surface area contributed by atoms with Crippen molar-refractivity contribution in [2.75, 3.05) is 32.1 Å². The molecule has 0 spiro atoms. The van der Waals surface area contributed by atoms with E-state index in [0.29, 0.717) is 23.4 Å². The number of rotatable bonds is 6. The van der Waals surface area contributed by atoms with Crippen LogP contribution >= 0.6 is 11.6 Å². The topological polar surface area (TPSA) is 66.1 Å². The second-order valence-corrected chi connectivity index (χ2v) is 7.58. The summed E-state index contributed by atoms with van der Waals surface area (Å²) in [5.74, 6) is 1.31. The Bertz CT molecular complexity index is 904. The van der Waals surface area contributed by atoms with Gasteiger partial charge in [-0.05, 0) is 56.6 Å². The van der Waals surface area contributed by atoms with Crippen LogP contribution in [0, 0.1) is 5.92 Å². The predicted octanol–water partition coefficient (Wildman–Crippen LogP) is 3.94. The van der Waals surface area contributed by atoms with Gasteiger partial charge in [0, 0.05) is 30.4 Å². The second-order valence-electron chi connectivity index (χ2n) is 7.17.